The van der Waals surface area contributed by atoms with Gasteiger partial charge in [0, 0.05) is 52.5 Å². The number of aryl methyl sites for hydroxylation is 1. The van der Waals surface area contributed by atoms with Gasteiger partial charge in [-0.05, 0) is 19.2 Å². The predicted octanol–water partition coefficient (Wildman–Crippen LogP) is -0.542. The van der Waals surface area contributed by atoms with Crippen molar-refractivity contribution < 1.29 is 9.90 Å². The first-order chi connectivity index (χ1) is 10.1. The largest absolute Gasteiger partial charge is 0.390 e. The first-order valence-corrected chi connectivity index (χ1v) is 7.57. The van der Waals surface area contributed by atoms with Crippen LogP contribution in [-0.2, 0) is 7.05 Å². The van der Waals surface area contributed by atoms with Gasteiger partial charge >= 0.3 is 0 Å². The van der Waals surface area contributed by atoms with Crippen LogP contribution in [-0.4, -0.2) is 88.7 Å². The Morgan fingerprint density at radius 1 is 1.19 bits per heavy atom. The number of piperazine rings is 1. The summed E-state index contributed by atoms with van der Waals surface area (Å²) in [4.78, 5) is 18.9. The van der Waals surface area contributed by atoms with Gasteiger partial charge in [-0.2, -0.15) is 0 Å². The molecule has 6 nitrogen and oxygen atoms in total. The van der Waals surface area contributed by atoms with Gasteiger partial charge in [-0.1, -0.05) is 0 Å². The summed E-state index contributed by atoms with van der Waals surface area (Å²) in [5.74, 6) is 0.0122. The zero-order valence-electron chi connectivity index (χ0n) is 12.8. The first kappa shape index (κ1) is 14.6. The Morgan fingerprint density at radius 2 is 1.90 bits per heavy atom. The number of hydrogen-bond donors (Lipinski definition) is 1. The van der Waals surface area contributed by atoms with Crippen molar-refractivity contribution in [1.29, 1.82) is 0 Å². The minimum absolute atomic E-state index is 0.0122. The van der Waals surface area contributed by atoms with Gasteiger partial charge in [0.2, 0.25) is 0 Å². The highest BCUT2D eigenvalue weighted by Gasteiger charge is 2.38. The molecule has 21 heavy (non-hydrogen) atoms. The molecule has 0 aliphatic carbocycles. The van der Waals surface area contributed by atoms with Crippen molar-refractivity contribution in [1.82, 2.24) is 19.3 Å². The fourth-order valence-corrected chi connectivity index (χ4v) is 3.29. The number of aromatic nitrogens is 1. The lowest BCUT2D eigenvalue weighted by atomic mass is 10.1. The molecule has 0 bridgehead atoms. The molecule has 3 rings (SSSR count). The molecule has 1 amide bonds. The summed E-state index contributed by atoms with van der Waals surface area (Å²) in [6, 6.07) is 3.78. The van der Waals surface area contributed by atoms with Crippen molar-refractivity contribution in [3.05, 3.63) is 24.0 Å². The van der Waals surface area contributed by atoms with Crippen LogP contribution in [0, 0.1) is 0 Å². The Bertz CT molecular complexity index is 508. The summed E-state index contributed by atoms with van der Waals surface area (Å²) in [6.07, 6.45) is 1.43. The highest BCUT2D eigenvalue weighted by atomic mass is 16.3. The normalized spacial score (nSPS) is 28.2. The van der Waals surface area contributed by atoms with Gasteiger partial charge in [-0.25, -0.2) is 0 Å². The number of likely N-dealkylation sites (N-methyl/N-ethyl adjacent to an activating group) is 1. The van der Waals surface area contributed by atoms with Crippen molar-refractivity contribution in [2.75, 3.05) is 46.3 Å². The van der Waals surface area contributed by atoms with Crippen LogP contribution >= 0.6 is 0 Å². The Labute approximate surface area is 125 Å². The number of β-amino-alcohol motifs (C(OH)–C–C–N with tert-alkyl or cyclic N) is 1. The van der Waals surface area contributed by atoms with E-state index in [4.69, 9.17) is 0 Å². The third-order valence-electron chi connectivity index (χ3n) is 4.72. The maximum atomic E-state index is 12.5. The van der Waals surface area contributed by atoms with Crippen molar-refractivity contribution in [2.24, 2.45) is 7.05 Å². The van der Waals surface area contributed by atoms with Crippen LogP contribution in [0.4, 0.5) is 0 Å². The molecule has 1 N–H and O–H groups in total. The van der Waals surface area contributed by atoms with E-state index in [1.54, 1.807) is 4.90 Å². The highest BCUT2D eigenvalue weighted by molar-refractivity contribution is 5.93. The van der Waals surface area contributed by atoms with Crippen molar-refractivity contribution in [3.8, 4) is 0 Å². The summed E-state index contributed by atoms with van der Waals surface area (Å²) >= 11 is 0. The molecule has 2 aliphatic heterocycles. The third-order valence-corrected chi connectivity index (χ3v) is 4.72. The van der Waals surface area contributed by atoms with E-state index in [0.29, 0.717) is 18.8 Å². The highest BCUT2D eigenvalue weighted by Crippen LogP contribution is 2.20. The molecule has 0 spiro atoms. The van der Waals surface area contributed by atoms with Crippen molar-refractivity contribution in [2.45, 2.75) is 12.1 Å². The Morgan fingerprint density at radius 3 is 2.52 bits per heavy atom. The number of aliphatic hydroxyl groups excluding tert-OH is 1. The van der Waals surface area contributed by atoms with Crippen molar-refractivity contribution >= 4 is 5.91 Å². The Hall–Kier alpha value is -1.37. The van der Waals surface area contributed by atoms with E-state index in [-0.39, 0.29) is 11.9 Å². The van der Waals surface area contributed by atoms with Crippen LogP contribution in [0.1, 0.15) is 10.5 Å². The Kier molecular flexibility index (Phi) is 4.01. The molecule has 2 atom stereocenters. The second-order valence-electron chi connectivity index (χ2n) is 6.19. The van der Waals surface area contributed by atoms with Crippen LogP contribution in [0.25, 0.3) is 0 Å². The maximum Gasteiger partial charge on any atom is 0.270 e. The molecule has 0 radical (unpaired) electrons. The number of likely N-dealkylation sites (tertiary alicyclic amines) is 1. The van der Waals surface area contributed by atoms with Crippen LogP contribution in [0.5, 0.6) is 0 Å². The monoisotopic (exact) mass is 292 g/mol. The number of rotatable bonds is 2. The van der Waals surface area contributed by atoms with Gasteiger partial charge in [0.15, 0.2) is 0 Å². The molecule has 1 aromatic rings. The van der Waals surface area contributed by atoms with Gasteiger partial charge in [0.1, 0.15) is 5.69 Å². The van der Waals surface area contributed by atoms with E-state index in [1.807, 2.05) is 29.9 Å². The number of aliphatic hydroxyl groups is 1. The lowest BCUT2D eigenvalue weighted by molar-refractivity contribution is 0.0512. The third kappa shape index (κ3) is 2.84. The Balaban J connectivity index is 1.66. The lowest BCUT2D eigenvalue weighted by Crippen LogP contribution is -2.52. The van der Waals surface area contributed by atoms with Gasteiger partial charge in [-0.15, -0.1) is 0 Å². The molecule has 0 unspecified atom stereocenters. The number of carbonyl (C=O) groups is 1. The molecule has 116 valence electrons. The smallest absolute Gasteiger partial charge is 0.270 e. The van der Waals surface area contributed by atoms with E-state index in [9.17, 15) is 9.90 Å². The van der Waals surface area contributed by atoms with Gasteiger partial charge < -0.3 is 19.5 Å². The van der Waals surface area contributed by atoms with Gasteiger partial charge in [0.05, 0.1) is 12.1 Å². The molecule has 2 aliphatic rings. The maximum absolute atomic E-state index is 12.5. The van der Waals surface area contributed by atoms with Gasteiger partial charge in [-0.3, -0.25) is 9.69 Å². The zero-order valence-corrected chi connectivity index (χ0v) is 12.8. The van der Waals surface area contributed by atoms with E-state index in [0.717, 1.165) is 26.2 Å². The second kappa shape index (κ2) is 5.79. The molecule has 3 heterocycles. The summed E-state index contributed by atoms with van der Waals surface area (Å²) < 4.78 is 1.83. The van der Waals surface area contributed by atoms with E-state index in [1.165, 1.54) is 0 Å². The zero-order chi connectivity index (χ0) is 15.0. The molecule has 6 heteroatoms. The average molecular weight is 292 g/mol. The van der Waals surface area contributed by atoms with E-state index < -0.39 is 6.10 Å². The quantitative estimate of drug-likeness (QED) is 0.795. The average Bonchev–Trinajstić information content (AvgIpc) is 3.05. The fourth-order valence-electron chi connectivity index (χ4n) is 3.29. The van der Waals surface area contributed by atoms with Crippen LogP contribution in [0.3, 0.4) is 0 Å². The summed E-state index contributed by atoms with van der Waals surface area (Å²) in [5, 5.41) is 10.3. The molecule has 2 saturated heterocycles. The molecular formula is C15H24N4O2. The molecular weight excluding hydrogens is 268 g/mol. The number of amides is 1. The summed E-state index contributed by atoms with van der Waals surface area (Å²) in [6.45, 7) is 5.02. The number of hydrogen-bond acceptors (Lipinski definition) is 4. The second-order valence-corrected chi connectivity index (χ2v) is 6.19. The minimum atomic E-state index is -0.447. The SMILES string of the molecule is CN1CCN([C@@H]2CN(C(=O)c3cccn3C)C[C@H]2O)CC1. The predicted molar refractivity (Wildman–Crippen MR) is 80.2 cm³/mol. The van der Waals surface area contributed by atoms with Gasteiger partial charge in [0.25, 0.3) is 5.91 Å². The first-order valence-electron chi connectivity index (χ1n) is 7.57. The van der Waals surface area contributed by atoms with Crippen LogP contribution in [0.15, 0.2) is 18.3 Å². The number of nitrogens with zero attached hydrogens (tertiary/aromatic N) is 4. The van der Waals surface area contributed by atoms with Crippen LogP contribution in [0.2, 0.25) is 0 Å². The van der Waals surface area contributed by atoms with Crippen LogP contribution < -0.4 is 0 Å². The summed E-state index contributed by atoms with van der Waals surface area (Å²) in [7, 11) is 3.99. The fraction of sp³-hybridized carbons (Fsp3) is 0.667. The molecule has 1 aromatic heterocycles. The topological polar surface area (TPSA) is 52.0 Å². The van der Waals surface area contributed by atoms with E-state index in [2.05, 4.69) is 16.8 Å². The number of carbonyl (C=O) groups excluding carboxylic acids is 1. The lowest BCUT2D eigenvalue weighted by Gasteiger charge is -2.37. The molecule has 2 fully saturated rings. The molecule has 0 saturated carbocycles. The standard InChI is InChI=1S/C15H24N4O2/c1-16-6-8-18(9-7-16)13-10-19(11-14(13)20)15(21)12-4-3-5-17(12)2/h3-5,13-14,20H,6-11H2,1-2H3/t13-,14-/m1/s1. The molecule has 0 aromatic carbocycles. The van der Waals surface area contributed by atoms with Crippen molar-refractivity contribution in [3.63, 3.8) is 0 Å². The minimum Gasteiger partial charge on any atom is -0.390 e. The van der Waals surface area contributed by atoms with E-state index >= 15 is 0 Å². The summed E-state index contributed by atoms with van der Waals surface area (Å²) in [5.41, 5.74) is 0.682.